The standard InChI is InChI=1S/C14H12ClN3O/c1-2-12-16-17-9-8-11(15)13(17)14(19)18(12)10-6-4-3-5-7-10/h3-9H,2H2,1H3. The minimum absolute atomic E-state index is 0.145. The summed E-state index contributed by atoms with van der Waals surface area (Å²) in [5.41, 5.74) is 1.06. The molecule has 0 saturated carbocycles. The number of hydrogen-bond donors (Lipinski definition) is 0. The highest BCUT2D eigenvalue weighted by atomic mass is 35.5. The maximum Gasteiger partial charge on any atom is 0.284 e. The van der Waals surface area contributed by atoms with Gasteiger partial charge in [-0.1, -0.05) is 36.7 Å². The second-order valence-corrected chi connectivity index (χ2v) is 4.61. The Morgan fingerprint density at radius 3 is 2.63 bits per heavy atom. The van der Waals surface area contributed by atoms with Gasteiger partial charge >= 0.3 is 0 Å². The molecule has 0 bridgehead atoms. The molecule has 4 nitrogen and oxygen atoms in total. The number of hydrogen-bond acceptors (Lipinski definition) is 2. The van der Waals surface area contributed by atoms with Crippen LogP contribution in [0.15, 0.2) is 47.4 Å². The summed E-state index contributed by atoms with van der Waals surface area (Å²) in [5, 5.41) is 4.87. The first-order valence-corrected chi connectivity index (χ1v) is 6.44. The Morgan fingerprint density at radius 2 is 1.95 bits per heavy atom. The van der Waals surface area contributed by atoms with E-state index >= 15 is 0 Å². The number of nitrogens with zero attached hydrogens (tertiary/aromatic N) is 3. The lowest BCUT2D eigenvalue weighted by Crippen LogP contribution is -2.26. The first-order valence-electron chi connectivity index (χ1n) is 6.06. The fourth-order valence-electron chi connectivity index (χ4n) is 2.15. The normalized spacial score (nSPS) is 11.1. The molecule has 0 aliphatic carbocycles. The van der Waals surface area contributed by atoms with E-state index in [1.165, 1.54) is 0 Å². The van der Waals surface area contributed by atoms with Gasteiger partial charge in [0.05, 0.1) is 10.7 Å². The van der Waals surface area contributed by atoms with Gasteiger partial charge in [-0.25, -0.2) is 4.52 Å². The van der Waals surface area contributed by atoms with Gasteiger partial charge in [-0.05, 0) is 18.2 Å². The van der Waals surface area contributed by atoms with E-state index in [0.717, 1.165) is 5.69 Å². The second kappa shape index (κ2) is 4.55. The van der Waals surface area contributed by atoms with Crippen molar-refractivity contribution in [3.8, 4) is 5.69 Å². The SMILES string of the molecule is CCc1nn2ccc(Cl)c2c(=O)n1-c1ccccc1. The van der Waals surface area contributed by atoms with Crippen LogP contribution in [0, 0.1) is 0 Å². The molecule has 0 unspecified atom stereocenters. The highest BCUT2D eigenvalue weighted by molar-refractivity contribution is 6.33. The fourth-order valence-corrected chi connectivity index (χ4v) is 2.37. The van der Waals surface area contributed by atoms with Crippen molar-refractivity contribution >= 4 is 17.1 Å². The van der Waals surface area contributed by atoms with Gasteiger partial charge in [-0.2, -0.15) is 5.10 Å². The van der Waals surface area contributed by atoms with E-state index in [9.17, 15) is 4.79 Å². The first kappa shape index (κ1) is 12.0. The maximum atomic E-state index is 12.6. The molecule has 3 aromatic rings. The predicted molar refractivity (Wildman–Crippen MR) is 75.2 cm³/mol. The van der Waals surface area contributed by atoms with Crippen LogP contribution in [0.1, 0.15) is 12.7 Å². The van der Waals surface area contributed by atoms with Crippen LogP contribution in [0.5, 0.6) is 0 Å². The summed E-state index contributed by atoms with van der Waals surface area (Å²) in [4.78, 5) is 12.6. The van der Waals surface area contributed by atoms with Crippen LogP contribution in [0.25, 0.3) is 11.2 Å². The molecule has 0 saturated heterocycles. The van der Waals surface area contributed by atoms with E-state index in [4.69, 9.17) is 11.6 Å². The van der Waals surface area contributed by atoms with Gasteiger partial charge in [0.2, 0.25) is 0 Å². The number of para-hydroxylation sites is 1. The molecule has 19 heavy (non-hydrogen) atoms. The molecule has 0 aliphatic rings. The number of fused-ring (bicyclic) bond motifs is 1. The van der Waals surface area contributed by atoms with Crippen LogP contribution in [0.3, 0.4) is 0 Å². The molecule has 96 valence electrons. The van der Waals surface area contributed by atoms with Gasteiger partial charge in [0, 0.05) is 12.6 Å². The van der Waals surface area contributed by atoms with Crippen LogP contribution in [0.2, 0.25) is 5.02 Å². The van der Waals surface area contributed by atoms with Gasteiger partial charge in [0.15, 0.2) is 0 Å². The highest BCUT2D eigenvalue weighted by Crippen LogP contribution is 2.16. The zero-order valence-corrected chi connectivity index (χ0v) is 11.1. The molecular formula is C14H12ClN3O. The van der Waals surface area contributed by atoms with Crippen molar-refractivity contribution in [2.75, 3.05) is 0 Å². The summed E-state index contributed by atoms with van der Waals surface area (Å²) in [6, 6.07) is 11.2. The Kier molecular flexibility index (Phi) is 2.87. The van der Waals surface area contributed by atoms with Gasteiger partial charge in [0.1, 0.15) is 11.3 Å². The minimum Gasteiger partial charge on any atom is -0.266 e. The summed E-state index contributed by atoms with van der Waals surface area (Å²) in [5.74, 6) is 0.705. The number of aromatic nitrogens is 3. The van der Waals surface area contributed by atoms with Gasteiger partial charge < -0.3 is 0 Å². The Balaban J connectivity index is 2.43. The molecule has 0 aliphatic heterocycles. The Hall–Kier alpha value is -2.07. The van der Waals surface area contributed by atoms with Crippen molar-refractivity contribution in [1.29, 1.82) is 0 Å². The summed E-state index contributed by atoms with van der Waals surface area (Å²) in [6.07, 6.45) is 2.36. The molecule has 0 radical (unpaired) electrons. The van der Waals surface area contributed by atoms with Crippen LogP contribution in [0.4, 0.5) is 0 Å². The number of aryl methyl sites for hydroxylation is 1. The zero-order valence-electron chi connectivity index (χ0n) is 10.4. The first-order chi connectivity index (χ1) is 9.22. The van der Waals surface area contributed by atoms with E-state index < -0.39 is 0 Å². The van der Waals surface area contributed by atoms with Crippen molar-refractivity contribution in [3.05, 3.63) is 63.8 Å². The van der Waals surface area contributed by atoms with Crippen molar-refractivity contribution in [3.63, 3.8) is 0 Å². The molecule has 0 N–H and O–H groups in total. The Bertz CT molecular complexity index is 790. The molecule has 2 heterocycles. The third-order valence-corrected chi connectivity index (χ3v) is 3.34. The van der Waals surface area contributed by atoms with Gasteiger partial charge in [0.25, 0.3) is 5.56 Å². The van der Waals surface area contributed by atoms with E-state index in [1.54, 1.807) is 21.3 Å². The lowest BCUT2D eigenvalue weighted by atomic mass is 10.3. The van der Waals surface area contributed by atoms with Crippen LogP contribution in [-0.2, 0) is 6.42 Å². The van der Waals surface area contributed by atoms with Crippen molar-refractivity contribution < 1.29 is 0 Å². The molecular weight excluding hydrogens is 262 g/mol. The molecule has 1 aromatic carbocycles. The molecule has 3 rings (SSSR count). The second-order valence-electron chi connectivity index (χ2n) is 4.20. The summed E-state index contributed by atoms with van der Waals surface area (Å²) in [6.45, 7) is 1.97. The molecule has 2 aromatic heterocycles. The average molecular weight is 274 g/mol. The van der Waals surface area contributed by atoms with Crippen molar-refractivity contribution in [2.45, 2.75) is 13.3 Å². The van der Waals surface area contributed by atoms with Crippen LogP contribution < -0.4 is 5.56 Å². The van der Waals surface area contributed by atoms with Crippen LogP contribution in [-0.4, -0.2) is 14.2 Å². The molecule has 0 amide bonds. The summed E-state index contributed by atoms with van der Waals surface area (Å²) in [7, 11) is 0. The third-order valence-electron chi connectivity index (χ3n) is 3.03. The quantitative estimate of drug-likeness (QED) is 0.720. The van der Waals surface area contributed by atoms with E-state index in [2.05, 4.69) is 5.10 Å². The molecule has 0 atom stereocenters. The molecule has 5 heteroatoms. The predicted octanol–water partition coefficient (Wildman–Crippen LogP) is 2.70. The smallest absolute Gasteiger partial charge is 0.266 e. The lowest BCUT2D eigenvalue weighted by molar-refractivity contribution is 0.738. The van der Waals surface area contributed by atoms with Gasteiger partial charge in [-0.3, -0.25) is 9.36 Å². The monoisotopic (exact) mass is 273 g/mol. The number of rotatable bonds is 2. The summed E-state index contributed by atoms with van der Waals surface area (Å²) >= 11 is 6.06. The van der Waals surface area contributed by atoms with E-state index in [0.29, 0.717) is 22.8 Å². The Morgan fingerprint density at radius 1 is 1.21 bits per heavy atom. The van der Waals surface area contributed by atoms with E-state index in [-0.39, 0.29) is 5.56 Å². The topological polar surface area (TPSA) is 39.3 Å². The van der Waals surface area contributed by atoms with Crippen molar-refractivity contribution in [1.82, 2.24) is 14.2 Å². The number of benzene rings is 1. The van der Waals surface area contributed by atoms with Crippen molar-refractivity contribution in [2.24, 2.45) is 0 Å². The highest BCUT2D eigenvalue weighted by Gasteiger charge is 2.13. The molecule has 0 fully saturated rings. The zero-order chi connectivity index (χ0) is 13.4. The Labute approximate surface area is 114 Å². The minimum atomic E-state index is -0.145. The lowest BCUT2D eigenvalue weighted by Gasteiger charge is -2.11. The maximum absolute atomic E-state index is 12.6. The number of halogens is 1. The fraction of sp³-hybridized carbons (Fsp3) is 0.143. The van der Waals surface area contributed by atoms with Crippen LogP contribution >= 0.6 is 11.6 Å². The van der Waals surface area contributed by atoms with E-state index in [1.807, 2.05) is 37.3 Å². The average Bonchev–Trinajstić information content (AvgIpc) is 2.81. The molecule has 0 spiro atoms. The largest absolute Gasteiger partial charge is 0.284 e. The van der Waals surface area contributed by atoms with Gasteiger partial charge in [-0.15, -0.1) is 0 Å². The summed E-state index contributed by atoms with van der Waals surface area (Å²) < 4.78 is 3.16. The third kappa shape index (κ3) is 1.85.